The lowest BCUT2D eigenvalue weighted by Crippen LogP contribution is -2.37. The summed E-state index contributed by atoms with van der Waals surface area (Å²) < 4.78 is 0. The minimum atomic E-state index is -0.669. The number of nitrogens with two attached hydrogens (primary N) is 1. The zero-order valence-corrected chi connectivity index (χ0v) is 12.5. The average molecular weight is 256 g/mol. The zero-order chi connectivity index (χ0) is 13.6. The highest BCUT2D eigenvalue weighted by Gasteiger charge is 2.22. The molecule has 1 aliphatic carbocycles. The molecule has 108 valence electrons. The number of aliphatic hydroxyl groups is 1. The summed E-state index contributed by atoms with van der Waals surface area (Å²) in [5.74, 6) is 0.893. The molecule has 3 nitrogen and oxygen atoms in total. The van der Waals surface area contributed by atoms with Gasteiger partial charge in [0.1, 0.15) is 0 Å². The van der Waals surface area contributed by atoms with Gasteiger partial charge in [0.2, 0.25) is 0 Å². The largest absolute Gasteiger partial charge is 0.389 e. The zero-order valence-electron chi connectivity index (χ0n) is 12.5. The minimum absolute atomic E-state index is 0.364. The van der Waals surface area contributed by atoms with Gasteiger partial charge < -0.3 is 15.7 Å². The normalized spacial score (nSPS) is 28.3. The lowest BCUT2D eigenvalue weighted by atomic mass is 9.86. The highest BCUT2D eigenvalue weighted by Crippen LogP contribution is 2.26. The third-order valence-corrected chi connectivity index (χ3v) is 4.45. The standard InChI is InChI=1S/C15H32N2O/c1-13-7-6-8-14(11-13)17(3)10-5-4-9-15(2,18)12-16/h13-14,18H,4-12,16H2,1-3H3. The van der Waals surface area contributed by atoms with Gasteiger partial charge >= 0.3 is 0 Å². The van der Waals surface area contributed by atoms with Crippen molar-refractivity contribution in [3.05, 3.63) is 0 Å². The highest BCUT2D eigenvalue weighted by molar-refractivity contribution is 4.78. The molecule has 3 atom stereocenters. The SMILES string of the molecule is CC1CCCC(N(C)CCCCC(C)(O)CN)C1. The van der Waals surface area contributed by atoms with E-state index in [-0.39, 0.29) is 0 Å². The van der Waals surface area contributed by atoms with Crippen LogP contribution in [-0.2, 0) is 0 Å². The molecule has 1 fully saturated rings. The lowest BCUT2D eigenvalue weighted by Gasteiger charge is -2.34. The van der Waals surface area contributed by atoms with Crippen LogP contribution in [0.4, 0.5) is 0 Å². The molecule has 0 aliphatic heterocycles. The summed E-state index contributed by atoms with van der Waals surface area (Å²) in [5.41, 5.74) is 4.85. The number of hydrogen-bond acceptors (Lipinski definition) is 3. The molecule has 3 heteroatoms. The third kappa shape index (κ3) is 5.68. The molecule has 0 heterocycles. The summed E-state index contributed by atoms with van der Waals surface area (Å²) in [7, 11) is 2.25. The van der Waals surface area contributed by atoms with Gasteiger partial charge in [-0.05, 0) is 58.5 Å². The summed E-state index contributed by atoms with van der Waals surface area (Å²) in [6.45, 7) is 5.72. The Hall–Kier alpha value is -0.120. The van der Waals surface area contributed by atoms with Crippen molar-refractivity contribution in [2.45, 2.75) is 70.4 Å². The van der Waals surface area contributed by atoms with Crippen molar-refractivity contribution in [2.75, 3.05) is 20.1 Å². The van der Waals surface area contributed by atoms with Crippen molar-refractivity contribution in [3.63, 3.8) is 0 Å². The molecule has 0 saturated heterocycles. The smallest absolute Gasteiger partial charge is 0.0741 e. The molecule has 1 aliphatic rings. The van der Waals surface area contributed by atoms with Crippen LogP contribution < -0.4 is 5.73 Å². The first-order chi connectivity index (χ1) is 8.44. The van der Waals surface area contributed by atoms with Crippen molar-refractivity contribution < 1.29 is 5.11 Å². The maximum Gasteiger partial charge on any atom is 0.0741 e. The second-order valence-corrected chi connectivity index (χ2v) is 6.56. The van der Waals surface area contributed by atoms with Gasteiger partial charge in [-0.3, -0.25) is 0 Å². The van der Waals surface area contributed by atoms with E-state index in [9.17, 15) is 5.11 Å². The molecule has 0 aromatic carbocycles. The Kier molecular flexibility index (Phi) is 6.61. The van der Waals surface area contributed by atoms with E-state index in [0.29, 0.717) is 6.54 Å². The average Bonchev–Trinajstić information content (AvgIpc) is 2.34. The van der Waals surface area contributed by atoms with Crippen LogP contribution in [0.3, 0.4) is 0 Å². The summed E-state index contributed by atoms with van der Waals surface area (Å²) >= 11 is 0. The fraction of sp³-hybridized carbons (Fsp3) is 1.00. The van der Waals surface area contributed by atoms with Gasteiger partial charge in [0.25, 0.3) is 0 Å². The maximum atomic E-state index is 9.83. The van der Waals surface area contributed by atoms with E-state index in [4.69, 9.17) is 5.73 Å². The topological polar surface area (TPSA) is 49.5 Å². The van der Waals surface area contributed by atoms with Gasteiger partial charge in [-0.25, -0.2) is 0 Å². The lowest BCUT2D eigenvalue weighted by molar-refractivity contribution is 0.0557. The van der Waals surface area contributed by atoms with Crippen molar-refractivity contribution in [2.24, 2.45) is 11.7 Å². The molecule has 0 radical (unpaired) electrons. The van der Waals surface area contributed by atoms with Gasteiger partial charge in [0.15, 0.2) is 0 Å². The molecule has 18 heavy (non-hydrogen) atoms. The van der Waals surface area contributed by atoms with E-state index < -0.39 is 5.60 Å². The van der Waals surface area contributed by atoms with E-state index >= 15 is 0 Å². The Labute approximate surface area is 113 Å². The van der Waals surface area contributed by atoms with Crippen LogP contribution in [0.2, 0.25) is 0 Å². The van der Waals surface area contributed by atoms with Crippen molar-refractivity contribution in [1.82, 2.24) is 4.90 Å². The second-order valence-electron chi connectivity index (χ2n) is 6.56. The molecular formula is C15H32N2O. The van der Waals surface area contributed by atoms with Gasteiger partial charge in [-0.15, -0.1) is 0 Å². The Bertz CT molecular complexity index is 231. The highest BCUT2D eigenvalue weighted by atomic mass is 16.3. The predicted molar refractivity (Wildman–Crippen MR) is 77.6 cm³/mol. The number of hydrogen-bond donors (Lipinski definition) is 2. The first kappa shape index (κ1) is 15.9. The van der Waals surface area contributed by atoms with Gasteiger partial charge in [-0.1, -0.05) is 19.8 Å². The fourth-order valence-electron chi connectivity index (χ4n) is 2.95. The van der Waals surface area contributed by atoms with Gasteiger partial charge in [0.05, 0.1) is 5.60 Å². The van der Waals surface area contributed by atoms with Crippen molar-refractivity contribution in [1.29, 1.82) is 0 Å². The van der Waals surface area contributed by atoms with Crippen LogP contribution in [-0.4, -0.2) is 41.8 Å². The quantitative estimate of drug-likeness (QED) is 0.688. The minimum Gasteiger partial charge on any atom is -0.389 e. The monoisotopic (exact) mass is 256 g/mol. The van der Waals surface area contributed by atoms with Crippen LogP contribution in [0.25, 0.3) is 0 Å². The van der Waals surface area contributed by atoms with E-state index in [1.807, 2.05) is 6.92 Å². The first-order valence-corrected chi connectivity index (χ1v) is 7.57. The first-order valence-electron chi connectivity index (χ1n) is 7.57. The number of unbranched alkanes of at least 4 members (excludes halogenated alkanes) is 1. The maximum absolute atomic E-state index is 9.83. The van der Waals surface area contributed by atoms with Crippen LogP contribution in [0, 0.1) is 5.92 Å². The van der Waals surface area contributed by atoms with E-state index in [1.165, 1.54) is 25.7 Å². The Morgan fingerprint density at radius 3 is 2.67 bits per heavy atom. The second kappa shape index (κ2) is 7.46. The van der Waals surface area contributed by atoms with E-state index in [1.54, 1.807) is 0 Å². The van der Waals surface area contributed by atoms with Crippen LogP contribution in [0.15, 0.2) is 0 Å². The molecule has 0 aromatic heterocycles. The summed E-state index contributed by atoms with van der Waals surface area (Å²) in [5, 5.41) is 9.83. The van der Waals surface area contributed by atoms with Gasteiger partial charge in [-0.2, -0.15) is 0 Å². The molecule has 1 rings (SSSR count). The van der Waals surface area contributed by atoms with Crippen LogP contribution in [0.5, 0.6) is 0 Å². The summed E-state index contributed by atoms with van der Waals surface area (Å²) in [6.07, 6.45) is 8.56. The Morgan fingerprint density at radius 1 is 1.33 bits per heavy atom. The molecule has 0 aromatic rings. The fourth-order valence-corrected chi connectivity index (χ4v) is 2.95. The summed E-state index contributed by atoms with van der Waals surface area (Å²) in [6, 6.07) is 0.781. The molecule has 1 saturated carbocycles. The molecule has 0 bridgehead atoms. The van der Waals surface area contributed by atoms with Crippen LogP contribution in [0.1, 0.15) is 58.8 Å². The number of nitrogens with zero attached hydrogens (tertiary/aromatic N) is 1. The number of rotatable bonds is 7. The molecule has 0 amide bonds. The molecule has 3 unspecified atom stereocenters. The van der Waals surface area contributed by atoms with E-state index in [2.05, 4.69) is 18.9 Å². The molecule has 0 spiro atoms. The van der Waals surface area contributed by atoms with E-state index in [0.717, 1.165) is 37.8 Å². The molecular weight excluding hydrogens is 224 g/mol. The van der Waals surface area contributed by atoms with Crippen molar-refractivity contribution in [3.8, 4) is 0 Å². The van der Waals surface area contributed by atoms with Crippen LogP contribution >= 0.6 is 0 Å². The predicted octanol–water partition coefficient (Wildman–Crippen LogP) is 2.38. The molecule has 3 N–H and O–H groups in total. The van der Waals surface area contributed by atoms with Crippen molar-refractivity contribution >= 4 is 0 Å². The Morgan fingerprint density at radius 2 is 2.06 bits per heavy atom. The van der Waals surface area contributed by atoms with Gasteiger partial charge in [0, 0.05) is 12.6 Å². The summed E-state index contributed by atoms with van der Waals surface area (Å²) in [4.78, 5) is 2.52. The Balaban J connectivity index is 2.15. The third-order valence-electron chi connectivity index (χ3n) is 4.45.